The number of carbonyl (C=O) groups excluding carboxylic acids is 1. The minimum atomic E-state index is -4.82. The van der Waals surface area contributed by atoms with Gasteiger partial charge in [-0.3, -0.25) is 4.79 Å². The number of benzene rings is 1. The molecule has 0 aliphatic heterocycles. The highest BCUT2D eigenvalue weighted by Crippen LogP contribution is 2.34. The van der Waals surface area contributed by atoms with Crippen LogP contribution in [0.5, 0.6) is 5.75 Å². The van der Waals surface area contributed by atoms with Crippen LogP contribution in [0.25, 0.3) is 0 Å². The van der Waals surface area contributed by atoms with Gasteiger partial charge in [-0.25, -0.2) is 0 Å². The molecule has 94 valence electrons. The van der Waals surface area contributed by atoms with Gasteiger partial charge < -0.3 is 10.1 Å². The molecule has 3 nitrogen and oxygen atoms in total. The van der Waals surface area contributed by atoms with E-state index in [1.165, 1.54) is 19.1 Å². The van der Waals surface area contributed by atoms with Crippen molar-refractivity contribution in [2.45, 2.75) is 18.2 Å². The zero-order valence-electron chi connectivity index (χ0n) is 8.47. The first-order chi connectivity index (χ1) is 7.81. The smallest absolute Gasteiger partial charge is 0.404 e. The van der Waals surface area contributed by atoms with E-state index in [2.05, 4.69) is 10.1 Å². The molecule has 0 heterocycles. The molecule has 0 aromatic heterocycles. The average molecular weight is 286 g/mol. The second-order valence-corrected chi connectivity index (χ2v) is 4.05. The van der Waals surface area contributed by atoms with Crippen molar-refractivity contribution in [3.8, 4) is 5.75 Å². The SMILES string of the molecule is CC(=O)Nc1cc(SCl)ccc1OC(F)(F)F. The molecule has 0 spiro atoms. The van der Waals surface area contributed by atoms with Gasteiger partial charge in [0.2, 0.25) is 5.91 Å². The Kier molecular flexibility index (Phi) is 4.53. The van der Waals surface area contributed by atoms with Gasteiger partial charge in [0, 0.05) is 11.8 Å². The number of carbonyl (C=O) groups is 1. The van der Waals surface area contributed by atoms with Gasteiger partial charge in [-0.15, -0.1) is 13.2 Å². The Morgan fingerprint density at radius 2 is 2.12 bits per heavy atom. The second-order valence-electron chi connectivity index (χ2n) is 2.96. The van der Waals surface area contributed by atoms with E-state index in [4.69, 9.17) is 10.7 Å². The minimum Gasteiger partial charge on any atom is -0.404 e. The quantitative estimate of drug-likeness (QED) is 0.918. The largest absolute Gasteiger partial charge is 0.573 e. The first-order valence-electron chi connectivity index (χ1n) is 4.28. The lowest BCUT2D eigenvalue weighted by Gasteiger charge is -2.13. The highest BCUT2D eigenvalue weighted by molar-refractivity contribution is 8.21. The van der Waals surface area contributed by atoms with Crippen molar-refractivity contribution < 1.29 is 22.7 Å². The van der Waals surface area contributed by atoms with Crippen molar-refractivity contribution in [1.82, 2.24) is 0 Å². The lowest BCUT2D eigenvalue weighted by molar-refractivity contribution is -0.274. The summed E-state index contributed by atoms with van der Waals surface area (Å²) in [5, 5.41) is 2.23. The number of amides is 1. The molecule has 0 aliphatic carbocycles. The predicted molar refractivity (Wildman–Crippen MR) is 59.1 cm³/mol. The number of halogens is 4. The molecule has 0 saturated carbocycles. The highest BCUT2D eigenvalue weighted by atomic mass is 35.7. The van der Waals surface area contributed by atoms with Gasteiger partial charge in [-0.1, -0.05) is 0 Å². The Morgan fingerprint density at radius 1 is 1.47 bits per heavy atom. The molecule has 0 bridgehead atoms. The third kappa shape index (κ3) is 4.74. The summed E-state index contributed by atoms with van der Waals surface area (Å²) in [7, 11) is 6.28. The molecule has 0 unspecified atom stereocenters. The number of hydrogen-bond acceptors (Lipinski definition) is 3. The van der Waals surface area contributed by atoms with Gasteiger partial charge in [0.25, 0.3) is 0 Å². The topological polar surface area (TPSA) is 38.3 Å². The third-order valence-corrected chi connectivity index (χ3v) is 2.54. The number of rotatable bonds is 3. The maximum atomic E-state index is 12.1. The highest BCUT2D eigenvalue weighted by Gasteiger charge is 2.32. The summed E-state index contributed by atoms with van der Waals surface area (Å²) < 4.78 is 40.0. The van der Waals surface area contributed by atoms with E-state index in [1.54, 1.807) is 0 Å². The molecule has 0 fully saturated rings. The van der Waals surface area contributed by atoms with E-state index in [0.717, 1.165) is 17.0 Å². The number of nitrogens with one attached hydrogen (secondary N) is 1. The maximum Gasteiger partial charge on any atom is 0.573 e. The fourth-order valence-corrected chi connectivity index (χ4v) is 1.63. The van der Waals surface area contributed by atoms with E-state index < -0.39 is 18.0 Å². The standard InChI is InChI=1S/C9H7ClF3NO2S/c1-5(15)14-7-4-6(17-10)2-3-8(7)16-9(11,12)13/h2-4H,1H3,(H,14,15). The fraction of sp³-hybridized carbons (Fsp3) is 0.222. The lowest BCUT2D eigenvalue weighted by atomic mass is 10.3. The molecule has 0 aliphatic rings. The Morgan fingerprint density at radius 3 is 2.59 bits per heavy atom. The second kappa shape index (κ2) is 5.50. The molecular weight excluding hydrogens is 279 g/mol. The van der Waals surface area contributed by atoms with E-state index in [1.807, 2.05) is 0 Å². The minimum absolute atomic E-state index is 0.0829. The van der Waals surface area contributed by atoms with Crippen LogP contribution >= 0.6 is 21.7 Å². The maximum absolute atomic E-state index is 12.1. The number of ether oxygens (including phenoxy) is 1. The fourth-order valence-electron chi connectivity index (χ4n) is 1.06. The summed E-state index contributed by atoms with van der Waals surface area (Å²) in [5.74, 6) is -0.990. The predicted octanol–water partition coefficient (Wildman–Crippen LogP) is 3.79. The van der Waals surface area contributed by atoms with Crippen LogP contribution in [0.1, 0.15) is 6.92 Å². The Balaban J connectivity index is 3.06. The van der Waals surface area contributed by atoms with Gasteiger partial charge in [0.05, 0.1) is 5.69 Å². The van der Waals surface area contributed by atoms with Crippen LogP contribution in [-0.2, 0) is 4.79 Å². The van der Waals surface area contributed by atoms with Crippen LogP contribution in [0.2, 0.25) is 0 Å². The molecule has 1 aromatic rings. The van der Waals surface area contributed by atoms with E-state index in [9.17, 15) is 18.0 Å². The molecule has 0 radical (unpaired) electrons. The van der Waals surface area contributed by atoms with Crippen molar-refractivity contribution in [1.29, 1.82) is 0 Å². The summed E-state index contributed by atoms with van der Waals surface area (Å²) in [6.45, 7) is 1.18. The van der Waals surface area contributed by atoms with Crippen molar-refractivity contribution in [3.05, 3.63) is 18.2 Å². The van der Waals surface area contributed by atoms with E-state index in [-0.39, 0.29) is 5.69 Å². The molecule has 0 saturated heterocycles. The zero-order chi connectivity index (χ0) is 13.1. The molecule has 1 amide bonds. The van der Waals surface area contributed by atoms with Crippen molar-refractivity contribution in [2.24, 2.45) is 0 Å². The summed E-state index contributed by atoms with van der Waals surface area (Å²) in [6.07, 6.45) is -4.82. The van der Waals surface area contributed by atoms with E-state index >= 15 is 0 Å². The average Bonchev–Trinajstić information content (AvgIpc) is 2.17. The molecule has 17 heavy (non-hydrogen) atoms. The number of alkyl halides is 3. The molecule has 1 N–H and O–H groups in total. The number of hydrogen-bond donors (Lipinski definition) is 1. The Labute approximate surface area is 104 Å². The molecule has 1 aromatic carbocycles. The van der Waals surface area contributed by atoms with Gasteiger partial charge >= 0.3 is 6.36 Å². The van der Waals surface area contributed by atoms with Crippen LogP contribution in [0.3, 0.4) is 0 Å². The molecule has 1 rings (SSSR count). The molecular formula is C9H7ClF3NO2S. The van der Waals surface area contributed by atoms with Gasteiger partial charge in [0.1, 0.15) is 0 Å². The van der Waals surface area contributed by atoms with Gasteiger partial charge in [-0.2, -0.15) is 0 Å². The molecule has 0 atom stereocenters. The van der Waals surface area contributed by atoms with Crippen LogP contribution < -0.4 is 10.1 Å². The monoisotopic (exact) mass is 285 g/mol. The van der Waals surface area contributed by atoms with Gasteiger partial charge in [0.15, 0.2) is 5.75 Å². The number of anilines is 1. The Bertz CT molecular complexity index is 425. The first-order valence-corrected chi connectivity index (χ1v) is 5.92. The summed E-state index contributed by atoms with van der Waals surface area (Å²) in [5.41, 5.74) is -0.0829. The lowest BCUT2D eigenvalue weighted by Crippen LogP contribution is -2.19. The Hall–Kier alpha value is -1.08. The van der Waals surface area contributed by atoms with Crippen molar-refractivity contribution in [3.63, 3.8) is 0 Å². The van der Waals surface area contributed by atoms with Crippen molar-refractivity contribution in [2.75, 3.05) is 5.32 Å². The van der Waals surface area contributed by atoms with Crippen LogP contribution in [-0.4, -0.2) is 12.3 Å². The van der Waals surface area contributed by atoms with Gasteiger partial charge in [-0.05, 0) is 39.9 Å². The van der Waals surface area contributed by atoms with Crippen LogP contribution in [0, 0.1) is 0 Å². The summed E-state index contributed by atoms with van der Waals surface area (Å²) >= 11 is 0. The van der Waals surface area contributed by atoms with Crippen LogP contribution in [0.15, 0.2) is 23.1 Å². The normalized spacial score (nSPS) is 11.1. The zero-order valence-corrected chi connectivity index (χ0v) is 10.0. The van der Waals surface area contributed by atoms with Crippen molar-refractivity contribution >= 4 is 33.3 Å². The molecule has 8 heteroatoms. The van der Waals surface area contributed by atoms with Crippen LogP contribution in [0.4, 0.5) is 18.9 Å². The first kappa shape index (κ1) is 14.0. The summed E-state index contributed by atoms with van der Waals surface area (Å²) in [6, 6.07) is 3.73. The van der Waals surface area contributed by atoms with E-state index in [0.29, 0.717) is 4.90 Å². The third-order valence-electron chi connectivity index (χ3n) is 1.58. The summed E-state index contributed by atoms with van der Waals surface area (Å²) in [4.78, 5) is 11.3.